The molecule has 124 valence electrons. The zero-order valence-electron chi connectivity index (χ0n) is 13.0. The number of oxazole rings is 1. The van der Waals surface area contributed by atoms with E-state index in [0.29, 0.717) is 22.8 Å². The van der Waals surface area contributed by atoms with Gasteiger partial charge in [-0.05, 0) is 48.5 Å². The van der Waals surface area contributed by atoms with Gasteiger partial charge in [-0.25, -0.2) is 13.4 Å². The third kappa shape index (κ3) is 3.09. The summed E-state index contributed by atoms with van der Waals surface area (Å²) in [6.07, 6.45) is 1.65. The van der Waals surface area contributed by atoms with Gasteiger partial charge < -0.3 is 4.42 Å². The second-order valence-electron chi connectivity index (χ2n) is 5.34. The fourth-order valence-corrected chi connectivity index (χ4v) is 3.47. The summed E-state index contributed by atoms with van der Waals surface area (Å²) >= 11 is 0. The van der Waals surface area contributed by atoms with E-state index in [1.165, 1.54) is 0 Å². The summed E-state index contributed by atoms with van der Waals surface area (Å²) in [4.78, 5) is 8.66. The average Bonchev–Trinajstić information content (AvgIpc) is 3.07. The van der Waals surface area contributed by atoms with Gasteiger partial charge in [-0.3, -0.25) is 4.72 Å². The lowest BCUT2D eigenvalue weighted by molar-refractivity contribution is 0.601. The van der Waals surface area contributed by atoms with E-state index in [0.717, 1.165) is 5.56 Å². The van der Waals surface area contributed by atoms with Crippen molar-refractivity contribution in [3.8, 4) is 11.5 Å². The maximum Gasteiger partial charge on any atom is 0.261 e. The molecule has 2 aromatic heterocycles. The number of nitrogens with one attached hydrogen (secondary N) is 1. The molecule has 2 aromatic carbocycles. The lowest BCUT2D eigenvalue weighted by Crippen LogP contribution is -2.12. The Balaban J connectivity index is 1.60. The van der Waals surface area contributed by atoms with Gasteiger partial charge in [-0.2, -0.15) is 4.98 Å². The second kappa shape index (κ2) is 6.03. The third-order valence-corrected chi connectivity index (χ3v) is 5.00. The standard InChI is InChI=1S/C18H13N3O3S/c22-25(23,15-5-2-1-3-6-15)21-14-10-8-13(9-11-14)18-20-17-16(24-18)7-4-12-19-17/h1-12,21H. The zero-order valence-corrected chi connectivity index (χ0v) is 13.8. The van der Waals surface area contributed by atoms with E-state index >= 15 is 0 Å². The minimum atomic E-state index is -3.61. The van der Waals surface area contributed by atoms with Gasteiger partial charge >= 0.3 is 0 Å². The fourth-order valence-electron chi connectivity index (χ4n) is 2.39. The van der Waals surface area contributed by atoms with E-state index in [1.54, 1.807) is 72.9 Å². The van der Waals surface area contributed by atoms with Crippen LogP contribution in [0.25, 0.3) is 22.7 Å². The lowest BCUT2D eigenvalue weighted by atomic mass is 10.2. The zero-order chi connectivity index (χ0) is 17.3. The summed E-state index contributed by atoms with van der Waals surface area (Å²) in [6.45, 7) is 0. The van der Waals surface area contributed by atoms with E-state index in [9.17, 15) is 8.42 Å². The van der Waals surface area contributed by atoms with Crippen molar-refractivity contribution >= 4 is 26.9 Å². The number of benzene rings is 2. The molecule has 0 saturated heterocycles. The first kappa shape index (κ1) is 15.3. The maximum atomic E-state index is 12.3. The molecular weight excluding hydrogens is 338 g/mol. The molecule has 7 heteroatoms. The number of nitrogens with zero attached hydrogens (tertiary/aromatic N) is 2. The van der Waals surface area contributed by atoms with Gasteiger partial charge in [0.25, 0.3) is 10.0 Å². The topological polar surface area (TPSA) is 85.1 Å². The number of rotatable bonds is 4. The Labute approximate surface area is 144 Å². The SMILES string of the molecule is O=S(=O)(Nc1ccc(-c2nc3ncccc3o2)cc1)c1ccccc1. The molecule has 0 aliphatic rings. The van der Waals surface area contributed by atoms with E-state index in [4.69, 9.17) is 4.42 Å². The van der Waals surface area contributed by atoms with Crippen LogP contribution < -0.4 is 4.72 Å². The summed E-state index contributed by atoms with van der Waals surface area (Å²) in [5, 5.41) is 0. The van der Waals surface area contributed by atoms with E-state index < -0.39 is 10.0 Å². The van der Waals surface area contributed by atoms with Gasteiger partial charge in [0, 0.05) is 17.4 Å². The van der Waals surface area contributed by atoms with Crippen molar-refractivity contribution in [2.45, 2.75) is 4.90 Å². The number of anilines is 1. The smallest absolute Gasteiger partial charge is 0.261 e. The number of pyridine rings is 1. The first-order chi connectivity index (χ1) is 12.1. The Morgan fingerprint density at radius 1 is 0.880 bits per heavy atom. The minimum Gasteiger partial charge on any atom is -0.434 e. The van der Waals surface area contributed by atoms with Crippen LogP contribution in [0.5, 0.6) is 0 Å². The molecule has 0 fully saturated rings. The number of sulfonamides is 1. The largest absolute Gasteiger partial charge is 0.434 e. The normalized spacial score (nSPS) is 11.5. The van der Waals surface area contributed by atoms with Crippen LogP contribution in [0.2, 0.25) is 0 Å². The van der Waals surface area contributed by atoms with Crippen molar-refractivity contribution in [3.63, 3.8) is 0 Å². The number of hydrogen-bond acceptors (Lipinski definition) is 5. The van der Waals surface area contributed by atoms with Crippen molar-refractivity contribution < 1.29 is 12.8 Å². The molecule has 0 saturated carbocycles. The van der Waals surface area contributed by atoms with Crippen LogP contribution in [-0.2, 0) is 10.0 Å². The Morgan fingerprint density at radius 2 is 1.64 bits per heavy atom. The molecule has 2 heterocycles. The molecule has 0 unspecified atom stereocenters. The predicted octanol–water partition coefficient (Wildman–Crippen LogP) is 3.69. The summed E-state index contributed by atoms with van der Waals surface area (Å²) in [5.41, 5.74) is 2.33. The van der Waals surface area contributed by atoms with Crippen LogP contribution in [0, 0.1) is 0 Å². The number of hydrogen-bond donors (Lipinski definition) is 1. The van der Waals surface area contributed by atoms with Crippen LogP contribution in [0.4, 0.5) is 5.69 Å². The minimum absolute atomic E-state index is 0.212. The molecule has 4 aromatic rings. The van der Waals surface area contributed by atoms with Crippen molar-refractivity contribution in [2.24, 2.45) is 0 Å². The third-order valence-electron chi connectivity index (χ3n) is 3.60. The van der Waals surface area contributed by atoms with Gasteiger partial charge in [0.05, 0.1) is 4.90 Å². The molecule has 1 N–H and O–H groups in total. The fraction of sp³-hybridized carbons (Fsp3) is 0. The molecule has 0 aliphatic carbocycles. The maximum absolute atomic E-state index is 12.3. The summed E-state index contributed by atoms with van der Waals surface area (Å²) in [5.74, 6) is 0.436. The van der Waals surface area contributed by atoms with Crippen LogP contribution in [-0.4, -0.2) is 18.4 Å². The molecular formula is C18H13N3O3S. The highest BCUT2D eigenvalue weighted by Crippen LogP contribution is 2.25. The van der Waals surface area contributed by atoms with Crippen LogP contribution in [0.15, 0.2) is 82.2 Å². The van der Waals surface area contributed by atoms with Crippen molar-refractivity contribution in [1.82, 2.24) is 9.97 Å². The van der Waals surface area contributed by atoms with Crippen molar-refractivity contribution in [1.29, 1.82) is 0 Å². The average molecular weight is 351 g/mol. The highest BCUT2D eigenvalue weighted by atomic mass is 32.2. The quantitative estimate of drug-likeness (QED) is 0.606. The van der Waals surface area contributed by atoms with Crippen LogP contribution in [0.3, 0.4) is 0 Å². The van der Waals surface area contributed by atoms with E-state index in [-0.39, 0.29) is 4.90 Å². The summed E-state index contributed by atoms with van der Waals surface area (Å²) in [6, 6.07) is 18.6. The molecule has 0 bridgehead atoms. The summed E-state index contributed by atoms with van der Waals surface area (Å²) < 4.78 is 32.8. The molecule has 4 rings (SSSR count). The van der Waals surface area contributed by atoms with Crippen molar-refractivity contribution in [3.05, 3.63) is 72.9 Å². The molecule has 0 amide bonds. The second-order valence-corrected chi connectivity index (χ2v) is 7.02. The monoisotopic (exact) mass is 351 g/mol. The van der Waals surface area contributed by atoms with Crippen LogP contribution >= 0.6 is 0 Å². The highest BCUT2D eigenvalue weighted by molar-refractivity contribution is 7.92. The number of fused-ring (bicyclic) bond motifs is 1. The van der Waals surface area contributed by atoms with Crippen LogP contribution in [0.1, 0.15) is 0 Å². The Bertz CT molecular complexity index is 1090. The Hall–Kier alpha value is -3.19. The Kier molecular flexibility index (Phi) is 3.70. The van der Waals surface area contributed by atoms with Gasteiger partial charge in [0.15, 0.2) is 11.2 Å². The van der Waals surface area contributed by atoms with Gasteiger partial charge in [0.2, 0.25) is 5.89 Å². The number of aromatic nitrogens is 2. The highest BCUT2D eigenvalue weighted by Gasteiger charge is 2.14. The molecule has 0 spiro atoms. The molecule has 0 radical (unpaired) electrons. The predicted molar refractivity (Wildman–Crippen MR) is 94.5 cm³/mol. The summed E-state index contributed by atoms with van der Waals surface area (Å²) in [7, 11) is -3.61. The first-order valence-electron chi connectivity index (χ1n) is 7.52. The molecule has 0 aliphatic heterocycles. The van der Waals surface area contributed by atoms with Gasteiger partial charge in [0.1, 0.15) is 0 Å². The lowest BCUT2D eigenvalue weighted by Gasteiger charge is -2.08. The first-order valence-corrected chi connectivity index (χ1v) is 9.00. The molecule has 25 heavy (non-hydrogen) atoms. The Morgan fingerprint density at radius 3 is 2.36 bits per heavy atom. The molecule has 6 nitrogen and oxygen atoms in total. The van der Waals surface area contributed by atoms with Gasteiger partial charge in [-0.15, -0.1) is 0 Å². The van der Waals surface area contributed by atoms with E-state index in [2.05, 4.69) is 14.7 Å². The molecule has 0 atom stereocenters. The van der Waals surface area contributed by atoms with E-state index in [1.807, 2.05) is 0 Å². The van der Waals surface area contributed by atoms with Crippen molar-refractivity contribution in [2.75, 3.05) is 4.72 Å². The van der Waals surface area contributed by atoms with Gasteiger partial charge in [-0.1, -0.05) is 18.2 Å².